The summed E-state index contributed by atoms with van der Waals surface area (Å²) in [6, 6.07) is 19.5. The fraction of sp³-hybridized carbons (Fsp3) is 0.133. The van der Waals surface area contributed by atoms with Gasteiger partial charge < -0.3 is 0 Å². The van der Waals surface area contributed by atoms with E-state index in [-0.39, 0.29) is 20.4 Å². The third-order valence-electron chi connectivity index (χ3n) is 2.98. The van der Waals surface area contributed by atoms with Crippen LogP contribution in [0.15, 0.2) is 54.6 Å². The van der Waals surface area contributed by atoms with E-state index >= 15 is 0 Å². The van der Waals surface area contributed by atoms with Crippen molar-refractivity contribution in [2.45, 2.75) is 13.5 Å². The van der Waals surface area contributed by atoms with Crippen LogP contribution < -0.4 is 4.57 Å². The monoisotopic (exact) mass is 338 g/mol. The molecule has 2 heteroatoms. The third-order valence-corrected chi connectivity index (χ3v) is 6.06. The van der Waals surface area contributed by atoms with Crippen LogP contribution in [-0.2, 0) is 6.54 Å². The zero-order chi connectivity index (χ0) is 11.7. The second-order valence-electron chi connectivity index (χ2n) is 4.16. The minimum absolute atomic E-state index is 0.122. The molecule has 0 atom stereocenters. The number of aryl methyl sites for hydroxylation is 1. The van der Waals surface area contributed by atoms with Crippen molar-refractivity contribution in [2.75, 3.05) is 0 Å². The molecule has 3 aromatic rings. The van der Waals surface area contributed by atoms with Crippen LogP contribution in [0.2, 0.25) is 0 Å². The van der Waals surface area contributed by atoms with Crippen molar-refractivity contribution >= 4 is 29.3 Å². The molecule has 3 rings (SSSR count). The molecule has 2 aromatic carbocycles. The van der Waals surface area contributed by atoms with E-state index in [4.69, 9.17) is 0 Å². The van der Waals surface area contributed by atoms with Crippen molar-refractivity contribution < 1.29 is 4.57 Å². The van der Waals surface area contributed by atoms with Crippen LogP contribution in [0.1, 0.15) is 9.27 Å². The zero-order valence-electron chi connectivity index (χ0n) is 9.76. The topological polar surface area (TPSA) is 3.88 Å². The average Bonchev–Trinajstić information content (AvgIpc) is 2.68. The standard InChI is InChI=1S/C15H14NTe/c1-12-16(11-13-7-3-2-4-8-13)14-9-5-6-10-15(14)17-12/h2-10H,11H2,1H3/q+1. The Morgan fingerprint density at radius 1 is 0.941 bits per heavy atom. The fourth-order valence-electron chi connectivity index (χ4n) is 2.11. The summed E-state index contributed by atoms with van der Waals surface area (Å²) in [4.78, 5) is 0. The normalized spacial score (nSPS) is 10.9. The number of hydrogen-bond donors (Lipinski definition) is 0. The van der Waals surface area contributed by atoms with Crippen LogP contribution in [0, 0.1) is 6.92 Å². The van der Waals surface area contributed by atoms with Crippen molar-refractivity contribution in [3.8, 4) is 0 Å². The Labute approximate surface area is 111 Å². The van der Waals surface area contributed by atoms with Gasteiger partial charge >= 0.3 is 111 Å². The number of rotatable bonds is 2. The Morgan fingerprint density at radius 2 is 1.65 bits per heavy atom. The van der Waals surface area contributed by atoms with Gasteiger partial charge in [0.05, 0.1) is 0 Å². The molecule has 0 radical (unpaired) electrons. The molecule has 1 heterocycles. The summed E-state index contributed by atoms with van der Waals surface area (Å²) in [5.74, 6) is 0. The predicted octanol–water partition coefficient (Wildman–Crippen LogP) is 2.54. The van der Waals surface area contributed by atoms with E-state index in [1.165, 1.54) is 11.1 Å². The molecular formula is C15H14NTe+. The Hall–Kier alpha value is -1.10. The van der Waals surface area contributed by atoms with Crippen molar-refractivity contribution in [2.24, 2.45) is 0 Å². The molecule has 0 aliphatic heterocycles. The van der Waals surface area contributed by atoms with Gasteiger partial charge in [-0.15, -0.1) is 0 Å². The zero-order valence-corrected chi connectivity index (χ0v) is 12.1. The summed E-state index contributed by atoms with van der Waals surface area (Å²) in [7, 11) is 0. The molecule has 84 valence electrons. The number of nitrogens with zero attached hydrogens (tertiary/aromatic N) is 1. The van der Waals surface area contributed by atoms with E-state index < -0.39 is 0 Å². The van der Waals surface area contributed by atoms with Crippen molar-refractivity contribution in [3.63, 3.8) is 0 Å². The Kier molecular flexibility index (Phi) is 3.01. The minimum atomic E-state index is -0.122. The molecule has 1 nitrogen and oxygen atoms in total. The van der Waals surface area contributed by atoms with E-state index in [2.05, 4.69) is 66.1 Å². The van der Waals surface area contributed by atoms with Crippen LogP contribution in [0.4, 0.5) is 0 Å². The first-order chi connectivity index (χ1) is 8.34. The predicted molar refractivity (Wildman–Crippen MR) is 71.4 cm³/mol. The molecule has 1 aromatic heterocycles. The quantitative estimate of drug-likeness (QED) is 0.500. The molecule has 0 unspecified atom stereocenters. The average molecular weight is 336 g/mol. The Balaban J connectivity index is 2.08. The summed E-state index contributed by atoms with van der Waals surface area (Å²) in [5, 5.41) is 0. The van der Waals surface area contributed by atoms with E-state index in [9.17, 15) is 0 Å². The molecule has 17 heavy (non-hydrogen) atoms. The number of para-hydroxylation sites is 1. The maximum absolute atomic E-state index is 2.48. The van der Waals surface area contributed by atoms with E-state index in [1.54, 1.807) is 7.11 Å². The molecule has 0 N–H and O–H groups in total. The summed E-state index contributed by atoms with van der Waals surface area (Å²) in [5.41, 5.74) is 2.81. The van der Waals surface area contributed by atoms with Gasteiger partial charge in [0.15, 0.2) is 0 Å². The van der Waals surface area contributed by atoms with Crippen LogP contribution in [-0.4, -0.2) is 20.4 Å². The summed E-state index contributed by atoms with van der Waals surface area (Å²) in [6.45, 7) is 3.29. The van der Waals surface area contributed by atoms with Gasteiger partial charge in [-0.2, -0.15) is 0 Å². The van der Waals surface area contributed by atoms with E-state index in [0.717, 1.165) is 6.54 Å². The van der Waals surface area contributed by atoms with E-state index in [1.807, 2.05) is 0 Å². The van der Waals surface area contributed by atoms with Gasteiger partial charge in [0.1, 0.15) is 0 Å². The van der Waals surface area contributed by atoms with Gasteiger partial charge in [0.25, 0.3) is 0 Å². The van der Waals surface area contributed by atoms with Gasteiger partial charge in [-0.25, -0.2) is 0 Å². The fourth-order valence-corrected chi connectivity index (χ4v) is 5.03. The number of benzene rings is 2. The van der Waals surface area contributed by atoms with Gasteiger partial charge in [0, 0.05) is 0 Å². The number of fused-ring (bicyclic) bond motifs is 1. The number of aromatic nitrogens is 1. The summed E-state index contributed by atoms with van der Waals surface area (Å²) < 4.78 is 5.62. The van der Waals surface area contributed by atoms with Crippen molar-refractivity contribution in [3.05, 3.63) is 63.9 Å². The molecule has 0 bridgehead atoms. The molecule has 0 amide bonds. The number of hydrogen-bond acceptors (Lipinski definition) is 0. The second-order valence-corrected chi connectivity index (χ2v) is 7.68. The first-order valence-corrected chi connectivity index (χ1v) is 8.09. The maximum atomic E-state index is 2.48. The Bertz CT molecular complexity index is 640. The van der Waals surface area contributed by atoms with Crippen LogP contribution >= 0.6 is 0 Å². The van der Waals surface area contributed by atoms with Crippen molar-refractivity contribution in [1.29, 1.82) is 0 Å². The summed E-state index contributed by atoms with van der Waals surface area (Å²) >= 11 is -0.122. The van der Waals surface area contributed by atoms with Crippen LogP contribution in [0.25, 0.3) is 8.92 Å². The summed E-state index contributed by atoms with van der Waals surface area (Å²) in [6.07, 6.45) is 0. The SMILES string of the molecule is Cc1[te]c2ccccc2[n+]1Cc1ccccc1. The van der Waals surface area contributed by atoms with E-state index in [0.29, 0.717) is 0 Å². The van der Waals surface area contributed by atoms with Crippen LogP contribution in [0.3, 0.4) is 0 Å². The van der Waals surface area contributed by atoms with Gasteiger partial charge in [0.2, 0.25) is 0 Å². The molecule has 0 spiro atoms. The van der Waals surface area contributed by atoms with Gasteiger partial charge in [-0.1, -0.05) is 0 Å². The first-order valence-electron chi connectivity index (χ1n) is 5.76. The van der Waals surface area contributed by atoms with Crippen molar-refractivity contribution in [1.82, 2.24) is 0 Å². The third kappa shape index (κ3) is 2.16. The van der Waals surface area contributed by atoms with Gasteiger partial charge in [-0.3, -0.25) is 0 Å². The second kappa shape index (κ2) is 4.64. The molecular weight excluding hydrogens is 322 g/mol. The molecule has 0 saturated heterocycles. The van der Waals surface area contributed by atoms with Gasteiger partial charge in [-0.05, 0) is 0 Å². The van der Waals surface area contributed by atoms with Crippen LogP contribution in [0.5, 0.6) is 0 Å². The Morgan fingerprint density at radius 3 is 2.47 bits per heavy atom. The first kappa shape index (κ1) is 11.0. The molecule has 0 saturated carbocycles. The molecule has 0 fully saturated rings. The molecule has 0 aliphatic carbocycles. The molecule has 0 aliphatic rings.